The normalized spacial score (nSPS) is 14.2. The first-order valence-electron chi connectivity index (χ1n) is 14.7. The third kappa shape index (κ3) is 6.75. The number of benzene rings is 3. The first kappa shape index (κ1) is 29.2. The summed E-state index contributed by atoms with van der Waals surface area (Å²) in [6.07, 6.45) is 2.98. The maximum Gasteiger partial charge on any atom is 0.324 e. The highest BCUT2D eigenvalue weighted by atomic mass is 16.5. The van der Waals surface area contributed by atoms with Crippen molar-refractivity contribution in [2.75, 3.05) is 30.3 Å². The number of aromatic nitrogens is 2. The van der Waals surface area contributed by atoms with Crippen LogP contribution < -0.4 is 15.4 Å². The molecule has 1 aliphatic heterocycles. The standard InChI is InChI=1S/C34H41N5O3/c1-23-10-12-26(13-11-23)39-32(22-31(37-39)34(3,4)5)36-33(41)35-29-14-15-30(28-9-7-6-8-27(28)29)42-21-18-25-16-19-38(20-17-25)24(2)40/h6-15,22,25H,16-21H2,1-5H3,(H2,35,36,41). The molecular formula is C34H41N5O3. The zero-order valence-corrected chi connectivity index (χ0v) is 25.2. The first-order valence-corrected chi connectivity index (χ1v) is 14.7. The fraction of sp³-hybridized carbons (Fsp3) is 0.382. The molecule has 3 amide bonds. The fourth-order valence-electron chi connectivity index (χ4n) is 5.37. The van der Waals surface area contributed by atoms with Gasteiger partial charge in [0, 0.05) is 42.3 Å². The number of urea groups is 1. The second-order valence-electron chi connectivity index (χ2n) is 12.2. The molecular weight excluding hydrogens is 526 g/mol. The highest BCUT2D eigenvalue weighted by Crippen LogP contribution is 2.33. The minimum Gasteiger partial charge on any atom is -0.493 e. The number of rotatable bonds is 7. The molecule has 0 atom stereocenters. The molecule has 3 aromatic carbocycles. The van der Waals surface area contributed by atoms with E-state index in [1.807, 2.05) is 78.6 Å². The van der Waals surface area contributed by atoms with Crippen LogP contribution in [0.3, 0.4) is 0 Å². The zero-order chi connectivity index (χ0) is 29.9. The Balaban J connectivity index is 1.28. The van der Waals surface area contributed by atoms with Gasteiger partial charge in [0.15, 0.2) is 0 Å². The second kappa shape index (κ2) is 12.3. The minimum atomic E-state index is -0.348. The Morgan fingerprint density at radius 1 is 0.952 bits per heavy atom. The Morgan fingerprint density at radius 2 is 1.64 bits per heavy atom. The Bertz CT molecular complexity index is 1560. The van der Waals surface area contributed by atoms with Gasteiger partial charge in [-0.1, -0.05) is 62.7 Å². The largest absolute Gasteiger partial charge is 0.493 e. The molecule has 2 heterocycles. The molecule has 0 saturated carbocycles. The third-order valence-electron chi connectivity index (χ3n) is 7.97. The summed E-state index contributed by atoms with van der Waals surface area (Å²) >= 11 is 0. The molecule has 1 aliphatic rings. The van der Waals surface area contributed by atoms with Crippen molar-refractivity contribution in [3.63, 3.8) is 0 Å². The number of amides is 3. The van der Waals surface area contributed by atoms with Crippen LogP contribution in [0.25, 0.3) is 16.5 Å². The molecule has 0 spiro atoms. The number of hydrogen-bond donors (Lipinski definition) is 2. The van der Waals surface area contributed by atoms with Gasteiger partial charge in [-0.2, -0.15) is 5.10 Å². The molecule has 1 aromatic heterocycles. The lowest BCUT2D eigenvalue weighted by Gasteiger charge is -2.31. The first-order chi connectivity index (χ1) is 20.1. The van der Waals surface area contributed by atoms with Gasteiger partial charge in [0.25, 0.3) is 0 Å². The lowest BCUT2D eigenvalue weighted by atomic mass is 9.92. The molecule has 4 aromatic rings. The molecule has 8 heteroatoms. The van der Waals surface area contributed by atoms with Crippen LogP contribution in [0.15, 0.2) is 66.7 Å². The van der Waals surface area contributed by atoms with Crippen molar-refractivity contribution < 1.29 is 14.3 Å². The van der Waals surface area contributed by atoms with Crippen LogP contribution in [0.4, 0.5) is 16.3 Å². The van der Waals surface area contributed by atoms with Crippen molar-refractivity contribution >= 4 is 34.2 Å². The van der Waals surface area contributed by atoms with Gasteiger partial charge in [-0.15, -0.1) is 0 Å². The summed E-state index contributed by atoms with van der Waals surface area (Å²) in [4.78, 5) is 26.8. The van der Waals surface area contributed by atoms with Crippen molar-refractivity contribution in [1.82, 2.24) is 14.7 Å². The molecule has 0 radical (unpaired) electrons. The Labute approximate surface area is 248 Å². The highest BCUT2D eigenvalue weighted by Gasteiger charge is 2.23. The zero-order valence-electron chi connectivity index (χ0n) is 25.2. The van der Waals surface area contributed by atoms with E-state index in [1.165, 1.54) is 0 Å². The summed E-state index contributed by atoms with van der Waals surface area (Å²) in [7, 11) is 0. The third-order valence-corrected chi connectivity index (χ3v) is 7.97. The molecule has 1 fully saturated rings. The molecule has 0 aliphatic carbocycles. The van der Waals surface area contributed by atoms with Gasteiger partial charge in [-0.3, -0.25) is 10.1 Å². The topological polar surface area (TPSA) is 88.5 Å². The van der Waals surface area contributed by atoms with Gasteiger partial charge in [-0.05, 0) is 56.4 Å². The van der Waals surface area contributed by atoms with Crippen LogP contribution in [-0.2, 0) is 10.2 Å². The number of carbonyl (C=O) groups excluding carboxylic acids is 2. The predicted octanol–water partition coefficient (Wildman–Crippen LogP) is 7.30. The summed E-state index contributed by atoms with van der Waals surface area (Å²) < 4.78 is 8.02. The van der Waals surface area contributed by atoms with E-state index in [-0.39, 0.29) is 17.4 Å². The average Bonchev–Trinajstić information content (AvgIpc) is 3.39. The van der Waals surface area contributed by atoms with E-state index in [4.69, 9.17) is 9.84 Å². The summed E-state index contributed by atoms with van der Waals surface area (Å²) in [6, 6.07) is 21.4. The Hall–Kier alpha value is -4.33. The number of piperidine rings is 1. The van der Waals surface area contributed by atoms with E-state index in [1.54, 1.807) is 11.6 Å². The van der Waals surface area contributed by atoms with Gasteiger partial charge in [-0.25, -0.2) is 9.48 Å². The van der Waals surface area contributed by atoms with Crippen LogP contribution in [-0.4, -0.2) is 46.3 Å². The molecule has 5 rings (SSSR count). The van der Waals surface area contributed by atoms with Crippen molar-refractivity contribution in [2.24, 2.45) is 5.92 Å². The number of nitrogens with zero attached hydrogens (tertiary/aromatic N) is 3. The van der Waals surface area contributed by atoms with Gasteiger partial charge in [0.2, 0.25) is 5.91 Å². The number of fused-ring (bicyclic) bond motifs is 1. The predicted molar refractivity (Wildman–Crippen MR) is 169 cm³/mol. The number of aryl methyl sites for hydroxylation is 1. The van der Waals surface area contributed by atoms with E-state index < -0.39 is 0 Å². The van der Waals surface area contributed by atoms with E-state index >= 15 is 0 Å². The molecule has 0 unspecified atom stereocenters. The van der Waals surface area contributed by atoms with Crippen molar-refractivity contribution in [1.29, 1.82) is 0 Å². The summed E-state index contributed by atoms with van der Waals surface area (Å²) in [5.41, 5.74) is 3.44. The maximum absolute atomic E-state index is 13.3. The maximum atomic E-state index is 13.3. The fourth-order valence-corrected chi connectivity index (χ4v) is 5.37. The van der Waals surface area contributed by atoms with Crippen LogP contribution >= 0.6 is 0 Å². The van der Waals surface area contributed by atoms with Crippen molar-refractivity contribution in [2.45, 2.75) is 59.3 Å². The number of nitrogens with one attached hydrogen (secondary N) is 2. The number of ether oxygens (including phenoxy) is 1. The lowest BCUT2D eigenvalue weighted by molar-refractivity contribution is -0.130. The summed E-state index contributed by atoms with van der Waals surface area (Å²) in [6.45, 7) is 12.3. The molecule has 2 N–H and O–H groups in total. The van der Waals surface area contributed by atoms with Crippen molar-refractivity contribution in [3.8, 4) is 11.4 Å². The summed E-state index contributed by atoms with van der Waals surface area (Å²) in [5, 5.41) is 12.7. The second-order valence-corrected chi connectivity index (χ2v) is 12.2. The Morgan fingerprint density at radius 3 is 2.31 bits per heavy atom. The SMILES string of the molecule is CC(=O)N1CCC(CCOc2ccc(NC(=O)Nc3cc(C(C)(C)C)nn3-c3ccc(C)cc3)c3ccccc23)CC1. The minimum absolute atomic E-state index is 0.158. The molecule has 42 heavy (non-hydrogen) atoms. The van der Waals surface area contributed by atoms with Crippen LogP contribution in [0.2, 0.25) is 0 Å². The number of carbonyl (C=O) groups is 2. The van der Waals surface area contributed by atoms with Crippen LogP contribution in [0, 0.1) is 12.8 Å². The molecule has 0 bridgehead atoms. The Kier molecular flexibility index (Phi) is 8.52. The molecule has 1 saturated heterocycles. The van der Waals surface area contributed by atoms with E-state index in [2.05, 4.69) is 31.4 Å². The quantitative estimate of drug-likeness (QED) is 0.245. The number of anilines is 2. The number of hydrogen-bond acceptors (Lipinski definition) is 4. The van der Waals surface area contributed by atoms with Crippen LogP contribution in [0.1, 0.15) is 58.2 Å². The number of likely N-dealkylation sites (tertiary alicyclic amines) is 1. The monoisotopic (exact) mass is 567 g/mol. The van der Waals surface area contributed by atoms with E-state index in [0.29, 0.717) is 24.0 Å². The van der Waals surface area contributed by atoms with E-state index in [9.17, 15) is 9.59 Å². The van der Waals surface area contributed by atoms with Gasteiger partial charge < -0.3 is 15.0 Å². The van der Waals surface area contributed by atoms with Crippen molar-refractivity contribution in [3.05, 3.63) is 78.0 Å². The van der Waals surface area contributed by atoms with Gasteiger partial charge in [0.05, 0.1) is 23.7 Å². The highest BCUT2D eigenvalue weighted by molar-refractivity contribution is 6.07. The van der Waals surface area contributed by atoms with Gasteiger partial charge >= 0.3 is 6.03 Å². The molecule has 220 valence electrons. The summed E-state index contributed by atoms with van der Waals surface area (Å²) in [5.74, 6) is 2.11. The lowest BCUT2D eigenvalue weighted by Crippen LogP contribution is -2.37. The van der Waals surface area contributed by atoms with E-state index in [0.717, 1.165) is 65.8 Å². The molecule has 8 nitrogen and oxygen atoms in total. The van der Waals surface area contributed by atoms with Gasteiger partial charge in [0.1, 0.15) is 11.6 Å². The smallest absolute Gasteiger partial charge is 0.324 e. The van der Waals surface area contributed by atoms with Crippen LogP contribution in [0.5, 0.6) is 5.75 Å². The average molecular weight is 568 g/mol.